The molecule has 1 aliphatic rings. The van der Waals surface area contributed by atoms with Crippen molar-refractivity contribution in [1.29, 1.82) is 0 Å². The Balaban J connectivity index is 2.70. The molecule has 1 fully saturated rings. The van der Waals surface area contributed by atoms with Gasteiger partial charge in [0.25, 0.3) is 0 Å². The summed E-state index contributed by atoms with van der Waals surface area (Å²) in [5, 5.41) is 6.76. The van der Waals surface area contributed by atoms with Crippen LogP contribution in [0.4, 0.5) is 0 Å². The number of hydrogen-bond donors (Lipinski definition) is 2. The van der Waals surface area contributed by atoms with E-state index in [-0.39, 0.29) is 23.0 Å². The zero-order valence-corrected chi connectivity index (χ0v) is 13.4. The highest BCUT2D eigenvalue weighted by atomic mass is 79.9. The molecule has 0 aliphatic carbocycles. The first-order valence-electron chi connectivity index (χ1n) is 6.21. The second-order valence-corrected chi connectivity index (χ2v) is 8.93. The van der Waals surface area contributed by atoms with Crippen molar-refractivity contribution in [2.24, 2.45) is 0 Å². The standard InChI is InChI=1S/C13H25BrN2O/c1-11(2)7-9(8-12(3,4)16-11)15-10(17)13(5,6)14/h9,16H,7-8H2,1-6H3,(H,15,17). The number of alkyl halides is 1. The van der Waals surface area contributed by atoms with E-state index in [9.17, 15) is 4.79 Å². The third-order valence-corrected chi connectivity index (χ3v) is 3.43. The molecule has 0 atom stereocenters. The molecular weight excluding hydrogens is 280 g/mol. The van der Waals surface area contributed by atoms with E-state index in [2.05, 4.69) is 54.3 Å². The minimum atomic E-state index is -0.494. The molecule has 0 radical (unpaired) electrons. The van der Waals surface area contributed by atoms with Crippen molar-refractivity contribution in [3.8, 4) is 0 Å². The van der Waals surface area contributed by atoms with Crippen LogP contribution in [0.5, 0.6) is 0 Å². The van der Waals surface area contributed by atoms with Gasteiger partial charge in [0, 0.05) is 17.1 Å². The molecule has 1 rings (SSSR count). The molecule has 2 N–H and O–H groups in total. The van der Waals surface area contributed by atoms with Crippen molar-refractivity contribution in [3.05, 3.63) is 0 Å². The maximum atomic E-state index is 12.0. The smallest absolute Gasteiger partial charge is 0.236 e. The fourth-order valence-corrected chi connectivity index (χ4v) is 2.90. The largest absolute Gasteiger partial charge is 0.352 e. The fraction of sp³-hybridized carbons (Fsp3) is 0.923. The first-order valence-corrected chi connectivity index (χ1v) is 7.00. The Bertz CT molecular complexity index is 289. The number of hydrogen-bond acceptors (Lipinski definition) is 2. The van der Waals surface area contributed by atoms with Gasteiger partial charge in [0.1, 0.15) is 0 Å². The Labute approximate surface area is 113 Å². The Morgan fingerprint density at radius 1 is 1.24 bits per heavy atom. The first-order chi connectivity index (χ1) is 7.41. The molecular formula is C13H25BrN2O. The van der Waals surface area contributed by atoms with E-state index in [1.807, 2.05) is 13.8 Å². The molecule has 0 aromatic carbocycles. The molecule has 0 unspecified atom stereocenters. The molecule has 0 aromatic rings. The van der Waals surface area contributed by atoms with Crippen LogP contribution >= 0.6 is 15.9 Å². The van der Waals surface area contributed by atoms with Crippen molar-refractivity contribution < 1.29 is 4.79 Å². The number of carbonyl (C=O) groups excluding carboxylic acids is 1. The van der Waals surface area contributed by atoms with Crippen LogP contribution in [0.25, 0.3) is 0 Å². The highest BCUT2D eigenvalue weighted by Gasteiger charge is 2.39. The maximum absolute atomic E-state index is 12.0. The van der Waals surface area contributed by atoms with Gasteiger partial charge in [-0.3, -0.25) is 4.79 Å². The van der Waals surface area contributed by atoms with Crippen LogP contribution in [0.3, 0.4) is 0 Å². The number of rotatable bonds is 2. The molecule has 4 heteroatoms. The summed E-state index contributed by atoms with van der Waals surface area (Å²) in [6, 6.07) is 0.241. The Kier molecular flexibility index (Phi) is 4.00. The molecule has 0 bridgehead atoms. The molecule has 17 heavy (non-hydrogen) atoms. The van der Waals surface area contributed by atoms with Crippen LogP contribution in [0.2, 0.25) is 0 Å². The quantitative estimate of drug-likeness (QED) is 0.770. The van der Waals surface area contributed by atoms with Gasteiger partial charge in [-0.05, 0) is 54.4 Å². The summed E-state index contributed by atoms with van der Waals surface area (Å²) < 4.78 is -0.494. The zero-order chi connectivity index (χ0) is 13.5. The number of piperidine rings is 1. The van der Waals surface area contributed by atoms with Crippen molar-refractivity contribution in [3.63, 3.8) is 0 Å². The molecule has 0 spiro atoms. The summed E-state index contributed by atoms with van der Waals surface area (Å²) in [4.78, 5) is 12.0. The lowest BCUT2D eigenvalue weighted by Crippen LogP contribution is -2.63. The molecule has 100 valence electrons. The minimum absolute atomic E-state index is 0.0656. The second-order valence-electron chi connectivity index (χ2n) is 6.94. The second kappa shape index (κ2) is 4.54. The van der Waals surface area contributed by atoms with E-state index in [0.29, 0.717) is 0 Å². The summed E-state index contributed by atoms with van der Waals surface area (Å²) in [5.41, 5.74) is 0.131. The molecule has 1 amide bonds. The summed E-state index contributed by atoms with van der Waals surface area (Å²) in [5.74, 6) is 0.0657. The Morgan fingerprint density at radius 3 is 2.00 bits per heavy atom. The predicted octanol–water partition coefficient (Wildman–Crippen LogP) is 2.59. The molecule has 3 nitrogen and oxygen atoms in total. The number of carbonyl (C=O) groups is 1. The average Bonchev–Trinajstić information content (AvgIpc) is 1.94. The van der Waals surface area contributed by atoms with Crippen LogP contribution in [-0.2, 0) is 4.79 Å². The van der Waals surface area contributed by atoms with Gasteiger partial charge >= 0.3 is 0 Å². The van der Waals surface area contributed by atoms with Gasteiger partial charge in [-0.1, -0.05) is 15.9 Å². The van der Waals surface area contributed by atoms with Crippen LogP contribution < -0.4 is 10.6 Å². The van der Waals surface area contributed by atoms with Crippen LogP contribution in [0.1, 0.15) is 54.4 Å². The van der Waals surface area contributed by atoms with Crippen LogP contribution in [-0.4, -0.2) is 27.4 Å². The van der Waals surface area contributed by atoms with E-state index in [0.717, 1.165) is 12.8 Å². The van der Waals surface area contributed by atoms with Gasteiger partial charge in [0.15, 0.2) is 0 Å². The van der Waals surface area contributed by atoms with Gasteiger partial charge < -0.3 is 10.6 Å². The minimum Gasteiger partial charge on any atom is -0.352 e. The lowest BCUT2D eigenvalue weighted by Gasteiger charge is -2.47. The normalized spacial score (nSPS) is 24.4. The molecule has 1 aliphatic heterocycles. The zero-order valence-electron chi connectivity index (χ0n) is 11.8. The highest BCUT2D eigenvalue weighted by Crippen LogP contribution is 2.29. The van der Waals surface area contributed by atoms with Crippen molar-refractivity contribution in [2.45, 2.75) is 75.8 Å². The fourth-order valence-electron chi connectivity index (χ4n) is 2.78. The van der Waals surface area contributed by atoms with E-state index in [1.54, 1.807) is 0 Å². The maximum Gasteiger partial charge on any atom is 0.236 e. The van der Waals surface area contributed by atoms with Gasteiger partial charge in [0.2, 0.25) is 5.91 Å². The van der Waals surface area contributed by atoms with Gasteiger partial charge in [-0.15, -0.1) is 0 Å². The summed E-state index contributed by atoms with van der Waals surface area (Å²) in [7, 11) is 0. The summed E-state index contributed by atoms with van der Waals surface area (Å²) in [6.07, 6.45) is 1.93. The van der Waals surface area contributed by atoms with E-state index in [4.69, 9.17) is 0 Å². The average molecular weight is 305 g/mol. The number of amides is 1. The lowest BCUT2D eigenvalue weighted by atomic mass is 9.79. The monoisotopic (exact) mass is 304 g/mol. The number of nitrogens with one attached hydrogen (secondary N) is 2. The van der Waals surface area contributed by atoms with Gasteiger partial charge in [-0.2, -0.15) is 0 Å². The van der Waals surface area contributed by atoms with Crippen molar-refractivity contribution >= 4 is 21.8 Å². The summed E-state index contributed by atoms with van der Waals surface area (Å²) in [6.45, 7) is 12.5. The third-order valence-electron chi connectivity index (χ3n) is 3.07. The highest BCUT2D eigenvalue weighted by molar-refractivity contribution is 9.10. The van der Waals surface area contributed by atoms with E-state index < -0.39 is 4.32 Å². The lowest BCUT2D eigenvalue weighted by molar-refractivity contribution is -0.123. The predicted molar refractivity (Wildman–Crippen MR) is 75.5 cm³/mol. The van der Waals surface area contributed by atoms with Gasteiger partial charge in [0.05, 0.1) is 4.32 Å². The molecule has 1 saturated heterocycles. The number of halogens is 1. The Morgan fingerprint density at radius 2 is 1.65 bits per heavy atom. The summed E-state index contributed by atoms with van der Waals surface area (Å²) >= 11 is 3.40. The van der Waals surface area contributed by atoms with Crippen molar-refractivity contribution in [1.82, 2.24) is 10.6 Å². The van der Waals surface area contributed by atoms with Gasteiger partial charge in [-0.25, -0.2) is 0 Å². The van der Waals surface area contributed by atoms with E-state index >= 15 is 0 Å². The van der Waals surface area contributed by atoms with E-state index in [1.165, 1.54) is 0 Å². The molecule has 0 aromatic heterocycles. The van der Waals surface area contributed by atoms with Crippen LogP contribution in [0.15, 0.2) is 0 Å². The van der Waals surface area contributed by atoms with Crippen molar-refractivity contribution in [2.75, 3.05) is 0 Å². The first kappa shape index (κ1) is 15.0. The molecule has 1 heterocycles. The third kappa shape index (κ3) is 4.59. The Hall–Kier alpha value is -0.0900. The topological polar surface area (TPSA) is 41.1 Å². The van der Waals surface area contributed by atoms with Crippen LogP contribution in [0, 0.1) is 0 Å². The molecule has 0 saturated carbocycles. The SMILES string of the molecule is CC1(C)CC(NC(=O)C(C)(C)Br)CC(C)(C)N1.